The van der Waals surface area contributed by atoms with E-state index in [-0.39, 0.29) is 12.0 Å². The second kappa shape index (κ2) is 6.46. The molecule has 0 bridgehead atoms. The summed E-state index contributed by atoms with van der Waals surface area (Å²) in [6.07, 6.45) is 1.39. The highest BCUT2D eigenvalue weighted by molar-refractivity contribution is 6.30. The van der Waals surface area contributed by atoms with Crippen LogP contribution in [0.5, 0.6) is 5.75 Å². The molecule has 0 spiro atoms. The fraction of sp³-hybridized carbons (Fsp3) is 0.533. The lowest BCUT2D eigenvalue weighted by Gasteiger charge is -2.36. The zero-order valence-corrected chi connectivity index (χ0v) is 12.6. The van der Waals surface area contributed by atoms with Crippen LogP contribution < -0.4 is 4.74 Å². The van der Waals surface area contributed by atoms with Crippen molar-refractivity contribution in [2.45, 2.75) is 32.4 Å². The van der Waals surface area contributed by atoms with E-state index in [0.717, 1.165) is 24.4 Å². The highest BCUT2D eigenvalue weighted by atomic mass is 35.5. The van der Waals surface area contributed by atoms with Crippen molar-refractivity contribution < 1.29 is 14.6 Å². The van der Waals surface area contributed by atoms with Crippen molar-refractivity contribution in [3.63, 3.8) is 0 Å². The van der Waals surface area contributed by atoms with Crippen molar-refractivity contribution in [1.82, 2.24) is 4.90 Å². The van der Waals surface area contributed by atoms with Gasteiger partial charge in [-0.3, -0.25) is 9.69 Å². The maximum atomic E-state index is 11.1. The predicted octanol–water partition coefficient (Wildman–Crippen LogP) is 3.03. The normalized spacial score (nSPS) is 23.6. The van der Waals surface area contributed by atoms with Gasteiger partial charge in [0.05, 0.1) is 13.0 Å². The van der Waals surface area contributed by atoms with Crippen molar-refractivity contribution in [3.05, 3.63) is 28.8 Å². The Labute approximate surface area is 124 Å². The molecule has 1 heterocycles. The van der Waals surface area contributed by atoms with Crippen molar-refractivity contribution in [2.75, 3.05) is 13.7 Å². The molecule has 2 rings (SSSR count). The number of carboxylic acid groups (broad SMARTS) is 1. The quantitative estimate of drug-likeness (QED) is 0.928. The third kappa shape index (κ3) is 3.44. The fourth-order valence-electron chi connectivity index (χ4n) is 2.77. The third-order valence-electron chi connectivity index (χ3n) is 3.98. The maximum absolute atomic E-state index is 11.1. The standard InChI is InChI=1S/C15H20ClNO3/c1-10-7-11(15(18)19)5-6-17(10)9-12-8-13(16)3-4-14(12)20-2/h3-4,8,10-11H,5-7,9H2,1-2H3,(H,18,19). The van der Waals surface area contributed by atoms with Crippen LogP contribution in [0.25, 0.3) is 0 Å². The lowest BCUT2D eigenvalue weighted by molar-refractivity contribution is -0.144. The Morgan fingerprint density at radius 2 is 2.30 bits per heavy atom. The molecule has 0 aliphatic carbocycles. The van der Waals surface area contributed by atoms with Gasteiger partial charge in [0.2, 0.25) is 0 Å². The summed E-state index contributed by atoms with van der Waals surface area (Å²) in [6, 6.07) is 5.83. The highest BCUT2D eigenvalue weighted by Crippen LogP contribution is 2.28. The van der Waals surface area contributed by atoms with Gasteiger partial charge < -0.3 is 9.84 Å². The van der Waals surface area contributed by atoms with Gasteiger partial charge in [0.1, 0.15) is 5.75 Å². The zero-order valence-electron chi connectivity index (χ0n) is 11.8. The minimum Gasteiger partial charge on any atom is -0.496 e. The van der Waals surface area contributed by atoms with Crippen LogP contribution in [0.4, 0.5) is 0 Å². The van der Waals surface area contributed by atoms with Crippen molar-refractivity contribution in [3.8, 4) is 5.75 Å². The largest absolute Gasteiger partial charge is 0.496 e. The van der Waals surface area contributed by atoms with Crippen molar-refractivity contribution in [2.24, 2.45) is 5.92 Å². The van der Waals surface area contributed by atoms with Gasteiger partial charge in [-0.05, 0) is 44.5 Å². The van der Waals surface area contributed by atoms with Crippen LogP contribution in [0.3, 0.4) is 0 Å². The average molecular weight is 298 g/mol. The number of likely N-dealkylation sites (tertiary alicyclic amines) is 1. The minimum absolute atomic E-state index is 0.220. The molecule has 0 radical (unpaired) electrons. The number of benzene rings is 1. The Balaban J connectivity index is 2.07. The maximum Gasteiger partial charge on any atom is 0.306 e. The first-order valence-electron chi connectivity index (χ1n) is 6.80. The molecule has 4 nitrogen and oxygen atoms in total. The van der Waals surface area contributed by atoms with Gasteiger partial charge in [-0.2, -0.15) is 0 Å². The van der Waals surface area contributed by atoms with E-state index in [1.807, 2.05) is 18.2 Å². The van der Waals surface area contributed by atoms with Crippen LogP contribution in [0.2, 0.25) is 5.02 Å². The van der Waals surface area contributed by atoms with E-state index in [1.165, 1.54) is 0 Å². The topological polar surface area (TPSA) is 49.8 Å². The predicted molar refractivity (Wildman–Crippen MR) is 78.2 cm³/mol. The number of piperidine rings is 1. The van der Waals surface area contributed by atoms with Crippen molar-refractivity contribution >= 4 is 17.6 Å². The summed E-state index contributed by atoms with van der Waals surface area (Å²) in [6.45, 7) is 3.59. The molecule has 0 saturated carbocycles. The summed E-state index contributed by atoms with van der Waals surface area (Å²) >= 11 is 6.04. The number of rotatable bonds is 4. The molecule has 1 aliphatic heterocycles. The Kier molecular flexibility index (Phi) is 4.89. The number of hydrogen-bond acceptors (Lipinski definition) is 3. The number of methoxy groups -OCH3 is 1. The van der Waals surface area contributed by atoms with E-state index in [0.29, 0.717) is 17.9 Å². The molecule has 0 amide bonds. The molecule has 1 aromatic carbocycles. The summed E-state index contributed by atoms with van der Waals surface area (Å²) in [7, 11) is 1.65. The second-order valence-corrected chi connectivity index (χ2v) is 5.77. The Morgan fingerprint density at radius 1 is 1.55 bits per heavy atom. The van der Waals surface area contributed by atoms with Crippen molar-refractivity contribution in [1.29, 1.82) is 0 Å². The molecule has 2 atom stereocenters. The zero-order chi connectivity index (χ0) is 14.7. The molecule has 1 saturated heterocycles. The number of hydrogen-bond donors (Lipinski definition) is 1. The van der Waals surface area contributed by atoms with Gasteiger partial charge in [0, 0.05) is 23.2 Å². The lowest BCUT2D eigenvalue weighted by atomic mass is 9.91. The molecule has 2 unspecified atom stereocenters. The number of carboxylic acids is 1. The van der Waals surface area contributed by atoms with Gasteiger partial charge in [-0.15, -0.1) is 0 Å². The van der Waals surface area contributed by atoms with E-state index in [1.54, 1.807) is 7.11 Å². The summed E-state index contributed by atoms with van der Waals surface area (Å²) in [5, 5.41) is 9.78. The molecule has 1 aromatic rings. The van der Waals surface area contributed by atoms with E-state index < -0.39 is 5.97 Å². The van der Waals surface area contributed by atoms with Gasteiger partial charge in [0.15, 0.2) is 0 Å². The van der Waals surface area contributed by atoms with Crippen LogP contribution >= 0.6 is 11.6 Å². The number of aliphatic carboxylic acids is 1. The molecule has 1 N–H and O–H groups in total. The van der Waals surface area contributed by atoms with E-state index in [4.69, 9.17) is 21.4 Å². The molecular formula is C15H20ClNO3. The van der Waals surface area contributed by atoms with Crippen LogP contribution in [0, 0.1) is 5.92 Å². The molecule has 20 heavy (non-hydrogen) atoms. The second-order valence-electron chi connectivity index (χ2n) is 5.34. The Hall–Kier alpha value is -1.26. The van der Waals surface area contributed by atoms with Gasteiger partial charge in [-0.1, -0.05) is 11.6 Å². The van der Waals surface area contributed by atoms with E-state index >= 15 is 0 Å². The first-order valence-corrected chi connectivity index (χ1v) is 7.18. The van der Waals surface area contributed by atoms with Crippen LogP contribution in [-0.2, 0) is 11.3 Å². The molecule has 0 aromatic heterocycles. The number of halogens is 1. The number of nitrogens with zero attached hydrogens (tertiary/aromatic N) is 1. The molecule has 1 fully saturated rings. The van der Waals surface area contributed by atoms with Crippen LogP contribution in [-0.4, -0.2) is 35.7 Å². The highest BCUT2D eigenvalue weighted by Gasteiger charge is 2.29. The van der Waals surface area contributed by atoms with Gasteiger partial charge >= 0.3 is 5.97 Å². The summed E-state index contributed by atoms with van der Waals surface area (Å²) in [5.74, 6) is -0.0821. The molecule has 5 heteroatoms. The summed E-state index contributed by atoms with van der Waals surface area (Å²) in [5.41, 5.74) is 1.04. The first-order chi connectivity index (χ1) is 9.51. The molecule has 110 valence electrons. The van der Waals surface area contributed by atoms with Crippen LogP contribution in [0.1, 0.15) is 25.3 Å². The molecular weight excluding hydrogens is 278 g/mol. The summed E-state index contributed by atoms with van der Waals surface area (Å²) < 4.78 is 5.36. The minimum atomic E-state index is -0.683. The van der Waals surface area contributed by atoms with Crippen LogP contribution in [0.15, 0.2) is 18.2 Å². The SMILES string of the molecule is COc1ccc(Cl)cc1CN1CCC(C(=O)O)CC1C. The Morgan fingerprint density at radius 3 is 2.90 bits per heavy atom. The smallest absolute Gasteiger partial charge is 0.306 e. The van der Waals surface area contributed by atoms with E-state index in [9.17, 15) is 4.79 Å². The van der Waals surface area contributed by atoms with Gasteiger partial charge in [0.25, 0.3) is 0 Å². The third-order valence-corrected chi connectivity index (χ3v) is 4.21. The number of carbonyl (C=O) groups is 1. The van der Waals surface area contributed by atoms with E-state index in [2.05, 4.69) is 11.8 Å². The molecule has 1 aliphatic rings. The average Bonchev–Trinajstić information content (AvgIpc) is 2.41. The number of ether oxygens (including phenoxy) is 1. The Bertz CT molecular complexity index is 492. The van der Waals surface area contributed by atoms with Gasteiger partial charge in [-0.25, -0.2) is 0 Å². The summed E-state index contributed by atoms with van der Waals surface area (Å²) in [4.78, 5) is 13.3. The monoisotopic (exact) mass is 297 g/mol. The lowest BCUT2D eigenvalue weighted by Crippen LogP contribution is -2.42. The fourth-order valence-corrected chi connectivity index (χ4v) is 2.96. The first kappa shape index (κ1) is 15.1.